The molecule has 0 aromatic carbocycles. The smallest absolute Gasteiger partial charge is 0.0459 e. The van der Waals surface area contributed by atoms with Crippen LogP contribution in [0.25, 0.3) is 0 Å². The van der Waals surface area contributed by atoms with Gasteiger partial charge in [0.15, 0.2) is 0 Å². The van der Waals surface area contributed by atoms with Crippen LogP contribution in [0.15, 0.2) is 0 Å². The lowest BCUT2D eigenvalue weighted by atomic mass is 9.99. The minimum absolute atomic E-state index is 0.353. The lowest BCUT2D eigenvalue weighted by Crippen LogP contribution is -2.16. The molecule has 1 heterocycles. The maximum absolute atomic E-state index is 8.78. The highest BCUT2D eigenvalue weighted by atomic mass is 33.1. The van der Waals surface area contributed by atoms with Gasteiger partial charge in [-0.25, -0.2) is 0 Å². The lowest BCUT2D eigenvalue weighted by molar-refractivity contribution is 0.207. The molecule has 0 aromatic heterocycles. The van der Waals surface area contributed by atoms with Crippen molar-refractivity contribution in [3.8, 4) is 0 Å². The van der Waals surface area contributed by atoms with E-state index in [0.717, 1.165) is 5.92 Å². The second kappa shape index (κ2) is 3.74. The van der Waals surface area contributed by atoms with Crippen molar-refractivity contribution in [2.24, 2.45) is 11.8 Å². The van der Waals surface area contributed by atoms with Gasteiger partial charge in [-0.1, -0.05) is 28.5 Å². The Morgan fingerprint density at radius 1 is 1.56 bits per heavy atom. The van der Waals surface area contributed by atoms with Gasteiger partial charge < -0.3 is 5.11 Å². The number of rotatable bonds is 2. The summed E-state index contributed by atoms with van der Waals surface area (Å²) in [4.78, 5) is 0. The molecule has 1 fully saturated rings. The normalized spacial score (nSPS) is 24.7. The Balaban J connectivity index is 2.24. The van der Waals surface area contributed by atoms with Gasteiger partial charge >= 0.3 is 0 Å². The van der Waals surface area contributed by atoms with Gasteiger partial charge in [0, 0.05) is 18.1 Å². The Bertz CT molecular complexity index is 81.1. The van der Waals surface area contributed by atoms with Gasteiger partial charge in [-0.2, -0.15) is 0 Å². The highest BCUT2D eigenvalue weighted by Crippen LogP contribution is 2.37. The molecule has 0 bridgehead atoms. The van der Waals surface area contributed by atoms with Crippen LogP contribution in [0.5, 0.6) is 0 Å². The van der Waals surface area contributed by atoms with Crippen LogP contribution in [0.3, 0.4) is 0 Å². The van der Waals surface area contributed by atoms with Crippen molar-refractivity contribution in [3.63, 3.8) is 0 Å². The molecule has 1 atom stereocenters. The van der Waals surface area contributed by atoms with Gasteiger partial charge in [0.25, 0.3) is 0 Å². The second-order valence-corrected chi connectivity index (χ2v) is 5.04. The highest BCUT2D eigenvalue weighted by molar-refractivity contribution is 8.77. The zero-order valence-electron chi connectivity index (χ0n) is 5.54. The summed E-state index contributed by atoms with van der Waals surface area (Å²) >= 11 is 0. The van der Waals surface area contributed by atoms with Crippen LogP contribution in [0.2, 0.25) is 0 Å². The van der Waals surface area contributed by atoms with Crippen LogP contribution in [0.4, 0.5) is 0 Å². The van der Waals surface area contributed by atoms with Gasteiger partial charge in [-0.3, -0.25) is 0 Å². The van der Waals surface area contributed by atoms with Crippen LogP contribution in [-0.2, 0) is 0 Å². The minimum Gasteiger partial charge on any atom is -0.396 e. The fraction of sp³-hybridized carbons (Fsp3) is 1.00. The summed E-state index contributed by atoms with van der Waals surface area (Å²) in [6.45, 7) is 2.48. The van der Waals surface area contributed by atoms with Crippen LogP contribution in [-0.4, -0.2) is 23.2 Å². The van der Waals surface area contributed by atoms with Crippen molar-refractivity contribution >= 4 is 21.6 Å². The third-order valence-electron chi connectivity index (χ3n) is 1.74. The Morgan fingerprint density at radius 2 is 2.11 bits per heavy atom. The molecule has 1 aliphatic rings. The molecule has 1 saturated heterocycles. The predicted molar refractivity (Wildman–Crippen MR) is 44.7 cm³/mol. The SMILES string of the molecule is CC(CO)C1CSSC1. The van der Waals surface area contributed by atoms with E-state index in [4.69, 9.17) is 5.11 Å². The largest absolute Gasteiger partial charge is 0.396 e. The zero-order chi connectivity index (χ0) is 6.69. The summed E-state index contributed by atoms with van der Waals surface area (Å²) in [5, 5.41) is 8.78. The first-order valence-corrected chi connectivity index (χ1v) is 5.68. The summed E-state index contributed by atoms with van der Waals surface area (Å²) in [5.74, 6) is 3.72. The van der Waals surface area contributed by atoms with Gasteiger partial charge in [0.2, 0.25) is 0 Å². The number of aliphatic hydroxyl groups excluding tert-OH is 1. The van der Waals surface area contributed by atoms with Crippen LogP contribution >= 0.6 is 21.6 Å². The van der Waals surface area contributed by atoms with E-state index in [1.165, 1.54) is 11.5 Å². The van der Waals surface area contributed by atoms with Gasteiger partial charge in [-0.15, -0.1) is 0 Å². The quantitative estimate of drug-likeness (QED) is 0.626. The molecule has 0 saturated carbocycles. The van der Waals surface area contributed by atoms with E-state index in [0.29, 0.717) is 12.5 Å². The summed E-state index contributed by atoms with van der Waals surface area (Å²) < 4.78 is 0. The second-order valence-electron chi connectivity index (χ2n) is 2.49. The van der Waals surface area contributed by atoms with Crippen LogP contribution in [0.1, 0.15) is 6.92 Å². The average Bonchev–Trinajstić information content (AvgIpc) is 2.37. The fourth-order valence-corrected chi connectivity index (χ4v) is 4.01. The first-order valence-electron chi connectivity index (χ1n) is 3.20. The molecule has 0 aromatic rings. The summed E-state index contributed by atoms with van der Waals surface area (Å²) in [6.07, 6.45) is 0. The van der Waals surface area contributed by atoms with Crippen molar-refractivity contribution in [3.05, 3.63) is 0 Å². The first-order chi connectivity index (χ1) is 4.34. The molecule has 1 N–H and O–H groups in total. The van der Waals surface area contributed by atoms with E-state index in [2.05, 4.69) is 6.92 Å². The highest BCUT2D eigenvalue weighted by Gasteiger charge is 2.21. The molecule has 0 spiro atoms. The van der Waals surface area contributed by atoms with Crippen molar-refractivity contribution < 1.29 is 5.11 Å². The average molecular weight is 164 g/mol. The number of aliphatic hydroxyl groups is 1. The first kappa shape index (κ1) is 7.76. The molecule has 9 heavy (non-hydrogen) atoms. The van der Waals surface area contributed by atoms with Gasteiger partial charge in [-0.05, 0) is 11.8 Å². The molecule has 1 aliphatic heterocycles. The molecular weight excluding hydrogens is 152 g/mol. The van der Waals surface area contributed by atoms with Crippen molar-refractivity contribution in [1.29, 1.82) is 0 Å². The van der Waals surface area contributed by atoms with E-state index >= 15 is 0 Å². The molecule has 54 valence electrons. The topological polar surface area (TPSA) is 20.2 Å². The molecule has 3 heteroatoms. The molecule has 0 aliphatic carbocycles. The predicted octanol–water partition coefficient (Wildman–Crippen LogP) is 1.63. The zero-order valence-corrected chi connectivity index (χ0v) is 7.17. The summed E-state index contributed by atoms with van der Waals surface area (Å²) in [5.41, 5.74) is 0. The maximum atomic E-state index is 8.78. The molecule has 1 nitrogen and oxygen atoms in total. The van der Waals surface area contributed by atoms with Crippen LogP contribution in [0, 0.1) is 11.8 Å². The molecule has 1 rings (SSSR count). The number of hydrogen-bond acceptors (Lipinski definition) is 3. The van der Waals surface area contributed by atoms with E-state index < -0.39 is 0 Å². The van der Waals surface area contributed by atoms with E-state index in [1.807, 2.05) is 21.6 Å². The van der Waals surface area contributed by atoms with E-state index in [-0.39, 0.29) is 0 Å². The third-order valence-corrected chi connectivity index (χ3v) is 4.35. The minimum atomic E-state index is 0.353. The molecular formula is C6H12OS2. The van der Waals surface area contributed by atoms with Crippen molar-refractivity contribution in [2.45, 2.75) is 6.92 Å². The number of hydrogen-bond donors (Lipinski definition) is 1. The lowest BCUT2D eigenvalue weighted by Gasteiger charge is -2.13. The van der Waals surface area contributed by atoms with E-state index in [1.54, 1.807) is 0 Å². The van der Waals surface area contributed by atoms with Crippen LogP contribution < -0.4 is 0 Å². The Kier molecular flexibility index (Phi) is 3.22. The fourth-order valence-electron chi connectivity index (χ4n) is 0.797. The molecule has 0 radical (unpaired) electrons. The Labute approximate surface area is 64.0 Å². The summed E-state index contributed by atoms with van der Waals surface area (Å²) in [6, 6.07) is 0. The maximum Gasteiger partial charge on any atom is 0.0459 e. The molecule has 0 amide bonds. The Hall–Kier alpha value is 0.660. The standard InChI is InChI=1S/C6H12OS2/c1-5(2-7)6-3-8-9-4-6/h5-7H,2-4H2,1H3. The van der Waals surface area contributed by atoms with Crippen molar-refractivity contribution in [1.82, 2.24) is 0 Å². The molecule has 1 unspecified atom stereocenters. The van der Waals surface area contributed by atoms with Gasteiger partial charge in [0.05, 0.1) is 0 Å². The van der Waals surface area contributed by atoms with Gasteiger partial charge in [0.1, 0.15) is 0 Å². The van der Waals surface area contributed by atoms with Crippen molar-refractivity contribution in [2.75, 3.05) is 18.1 Å². The summed E-state index contributed by atoms with van der Waals surface area (Å²) in [7, 11) is 3.86. The third kappa shape index (κ3) is 2.06. The Morgan fingerprint density at radius 3 is 2.56 bits per heavy atom. The van der Waals surface area contributed by atoms with E-state index in [9.17, 15) is 0 Å². The monoisotopic (exact) mass is 164 g/mol.